The standard InChI is InChI=1S/2C4H12O4P.C2H4O2.H3O4P/c2*5-1-9(2-6,3-7)4-8;1-2(3)4;1-5(2,3)4/h2*5-8H,1-4H2;1H3,(H,3,4);(H3,1,2,3,4)/q2*+1;;/p-2. The molecule has 0 aromatic heterocycles. The number of hydrogen-bond acceptors (Lipinski definition) is 12. The van der Waals surface area contributed by atoms with Crippen LogP contribution in [0.15, 0.2) is 0 Å². The molecule has 0 atom stereocenters. The van der Waals surface area contributed by atoms with Crippen LogP contribution in [0.3, 0.4) is 0 Å². The number of phosphoric acid groups is 1. The van der Waals surface area contributed by atoms with Crippen molar-refractivity contribution in [3.63, 3.8) is 0 Å². The second kappa shape index (κ2) is 19.4. The Kier molecular flexibility index (Phi) is 24.9. The lowest BCUT2D eigenvalue weighted by Crippen LogP contribution is -2.16. The minimum absolute atomic E-state index is 0.295. The van der Waals surface area contributed by atoms with E-state index in [4.69, 9.17) is 70.0 Å². The lowest BCUT2D eigenvalue weighted by Gasteiger charge is -2.15. The first-order valence-corrected chi connectivity index (χ1v) is 13.3. The van der Waals surface area contributed by atoms with Crippen LogP contribution in [0.5, 0.6) is 0 Å². The molecule has 0 aliphatic carbocycles. The van der Waals surface area contributed by atoms with E-state index in [0.29, 0.717) is 0 Å². The minimum Gasteiger partial charge on any atom is -0.756 e. The van der Waals surface area contributed by atoms with Gasteiger partial charge in [-0.25, -0.2) is 0 Å². The van der Waals surface area contributed by atoms with Crippen molar-refractivity contribution in [1.82, 2.24) is 0 Å². The molecule has 0 saturated carbocycles. The van der Waals surface area contributed by atoms with E-state index in [1.807, 2.05) is 0 Å². The van der Waals surface area contributed by atoms with Crippen LogP contribution in [-0.2, 0) is 9.36 Å². The molecule has 0 amide bonds. The van der Waals surface area contributed by atoms with Crippen LogP contribution in [0.2, 0.25) is 0 Å². The monoisotopic (exact) mass is 466 g/mol. The van der Waals surface area contributed by atoms with Crippen molar-refractivity contribution in [3.05, 3.63) is 0 Å². The van der Waals surface area contributed by atoms with Gasteiger partial charge in [0.25, 0.3) is 7.82 Å². The highest BCUT2D eigenvalue weighted by atomic mass is 31.2. The molecule has 168 valence electrons. The highest BCUT2D eigenvalue weighted by Crippen LogP contribution is 2.55. The maximum atomic E-state index is 8.89. The molecule has 27 heavy (non-hydrogen) atoms. The lowest BCUT2D eigenvalue weighted by molar-refractivity contribution is -0.302. The molecule has 0 fully saturated rings. The maximum absolute atomic E-state index is 8.89. The van der Waals surface area contributed by atoms with E-state index in [1.54, 1.807) is 0 Å². The predicted molar refractivity (Wildman–Crippen MR) is 93.3 cm³/mol. The van der Waals surface area contributed by atoms with Crippen LogP contribution in [0.1, 0.15) is 6.92 Å². The van der Waals surface area contributed by atoms with Crippen molar-refractivity contribution >= 4 is 28.3 Å². The van der Waals surface area contributed by atoms with Gasteiger partial charge in [-0.15, -0.1) is 0 Å². The van der Waals surface area contributed by atoms with Crippen molar-refractivity contribution in [2.75, 3.05) is 50.8 Å². The number of carboxylic acids is 1. The summed E-state index contributed by atoms with van der Waals surface area (Å²) in [5.74, 6) is -1.08. The fourth-order valence-electron chi connectivity index (χ4n) is 0.537. The van der Waals surface area contributed by atoms with Gasteiger partial charge in [-0.3, -0.25) is 4.57 Å². The van der Waals surface area contributed by atoms with Gasteiger partial charge in [0.05, 0.1) is 0 Å². The first kappa shape index (κ1) is 34.6. The van der Waals surface area contributed by atoms with E-state index in [9.17, 15) is 0 Å². The van der Waals surface area contributed by atoms with Gasteiger partial charge < -0.3 is 65.4 Å². The molecule has 0 saturated heterocycles. The second-order valence-electron chi connectivity index (χ2n) is 4.80. The molecule has 0 aromatic carbocycles. The number of aliphatic carboxylic acids is 1. The van der Waals surface area contributed by atoms with E-state index >= 15 is 0 Å². The number of aliphatic hydroxyl groups is 8. The average molecular weight is 466 g/mol. The van der Waals surface area contributed by atoms with E-state index in [1.165, 1.54) is 0 Å². The van der Waals surface area contributed by atoms with Gasteiger partial charge in [-0.2, -0.15) is 0 Å². The normalized spacial score (nSPS) is 11.1. The summed E-state index contributed by atoms with van der Waals surface area (Å²) in [6, 6.07) is 0. The third-order valence-electron chi connectivity index (χ3n) is 2.40. The topological polar surface area (TPSA) is 283 Å². The molecule has 0 aliphatic rings. The van der Waals surface area contributed by atoms with Crippen molar-refractivity contribution in [1.29, 1.82) is 0 Å². The van der Waals surface area contributed by atoms with Crippen LogP contribution in [0.4, 0.5) is 0 Å². The number of rotatable bonds is 8. The second-order valence-corrected chi connectivity index (χ2v) is 13.4. The van der Waals surface area contributed by atoms with Crippen LogP contribution in [-0.4, -0.2) is 107 Å². The third kappa shape index (κ3) is 26.1. The number of aliphatic hydroxyl groups excluding tert-OH is 8. The Morgan fingerprint density at radius 1 is 0.704 bits per heavy atom. The van der Waals surface area contributed by atoms with Crippen molar-refractivity contribution < 1.29 is 70.0 Å². The lowest BCUT2D eigenvalue weighted by atomic mass is 10.9. The van der Waals surface area contributed by atoms with Gasteiger partial charge in [0, 0.05) is 5.97 Å². The van der Waals surface area contributed by atoms with Gasteiger partial charge in [0.2, 0.25) is 0 Å². The van der Waals surface area contributed by atoms with Crippen LogP contribution in [0, 0.1) is 0 Å². The molecule has 0 heterocycles. The maximum Gasteiger partial charge on any atom is 0.262 e. The van der Waals surface area contributed by atoms with Crippen molar-refractivity contribution in [2.24, 2.45) is 0 Å². The van der Waals surface area contributed by atoms with Crippen LogP contribution in [0.25, 0.3) is 0 Å². The SMILES string of the molecule is CC(=O)[O-].O=P([O-])(O)O.OC[P+](CO)(CO)CO.OC[P+](CO)(CO)CO. The Morgan fingerprint density at radius 2 is 0.778 bits per heavy atom. The van der Waals surface area contributed by atoms with Gasteiger partial charge in [0.1, 0.15) is 14.5 Å². The highest BCUT2D eigenvalue weighted by molar-refractivity contribution is 7.75. The Balaban J connectivity index is -0.000000138. The summed E-state index contributed by atoms with van der Waals surface area (Å²) in [4.78, 5) is 31.8. The summed E-state index contributed by atoms with van der Waals surface area (Å²) in [6.07, 6.45) is -2.36. The van der Waals surface area contributed by atoms with E-state index in [-0.39, 0.29) is 50.8 Å². The first-order valence-electron chi connectivity index (χ1n) is 6.73. The van der Waals surface area contributed by atoms with Crippen LogP contribution >= 0.6 is 22.3 Å². The molecule has 0 unspecified atom stereocenters. The number of carbonyl (C=O) groups is 1. The molecular weight excluding hydrogens is 437 g/mol. The zero-order valence-electron chi connectivity index (χ0n) is 14.6. The fraction of sp³-hybridized carbons (Fsp3) is 0.900. The molecule has 0 aromatic rings. The zero-order chi connectivity index (χ0) is 22.7. The molecule has 0 spiro atoms. The quantitative estimate of drug-likeness (QED) is 0.150. The van der Waals surface area contributed by atoms with Gasteiger partial charge in [0.15, 0.2) is 50.8 Å². The van der Waals surface area contributed by atoms with E-state index in [0.717, 1.165) is 6.92 Å². The molecule has 0 bridgehead atoms. The third-order valence-corrected chi connectivity index (χ3v) is 7.20. The number of carboxylic acid groups (broad SMARTS) is 1. The highest BCUT2D eigenvalue weighted by Gasteiger charge is 2.35. The average Bonchev–Trinajstić information content (AvgIpc) is 2.59. The molecule has 0 rings (SSSR count). The predicted octanol–water partition coefficient (Wildman–Crippen LogP) is -5.20. The molecular formula is C10H29O14P3. The first-order chi connectivity index (χ1) is 12.2. The Bertz CT molecular complexity index is 314. The molecule has 14 nitrogen and oxygen atoms in total. The van der Waals surface area contributed by atoms with Crippen LogP contribution < -0.4 is 10.00 Å². The summed E-state index contributed by atoms with van der Waals surface area (Å²) in [7, 11) is -9.28. The zero-order valence-corrected chi connectivity index (χ0v) is 17.3. The van der Waals surface area contributed by atoms with Gasteiger partial charge >= 0.3 is 0 Å². The Hall–Kier alpha value is 0.120. The Morgan fingerprint density at radius 3 is 0.778 bits per heavy atom. The summed E-state index contributed by atoms with van der Waals surface area (Å²) in [5, 5.41) is 77.3. The van der Waals surface area contributed by atoms with Crippen molar-refractivity contribution in [2.45, 2.75) is 6.92 Å². The van der Waals surface area contributed by atoms with Gasteiger partial charge in [-0.05, 0) is 6.92 Å². The number of carbonyl (C=O) groups excluding carboxylic acids is 1. The number of hydrogen-bond donors (Lipinski definition) is 10. The summed E-state index contributed by atoms with van der Waals surface area (Å²) < 4.78 is 8.77. The van der Waals surface area contributed by atoms with Gasteiger partial charge in [-0.1, -0.05) is 0 Å². The van der Waals surface area contributed by atoms with Crippen molar-refractivity contribution in [3.8, 4) is 0 Å². The van der Waals surface area contributed by atoms with E-state index in [2.05, 4.69) is 0 Å². The molecule has 17 heteroatoms. The summed E-state index contributed by atoms with van der Waals surface area (Å²) >= 11 is 0. The largest absolute Gasteiger partial charge is 0.756 e. The molecule has 0 radical (unpaired) electrons. The summed E-state index contributed by atoms with van der Waals surface area (Å²) in [6.45, 7) is 0.972. The molecule has 0 aliphatic heterocycles. The minimum atomic E-state index is -4.89. The fourth-order valence-corrected chi connectivity index (χ4v) is 1.61. The summed E-state index contributed by atoms with van der Waals surface area (Å²) in [5.41, 5.74) is 0. The molecule has 10 N–H and O–H groups in total. The van der Waals surface area contributed by atoms with E-state index < -0.39 is 28.3 Å². The Labute approximate surface area is 156 Å². The smallest absolute Gasteiger partial charge is 0.262 e.